The number of methoxy groups -OCH3 is 1. The Bertz CT molecular complexity index is 691. The van der Waals surface area contributed by atoms with Gasteiger partial charge in [0.05, 0.1) is 24.0 Å². The smallest absolute Gasteiger partial charge is 0.387 e. The van der Waals surface area contributed by atoms with E-state index < -0.39 is 6.61 Å². The summed E-state index contributed by atoms with van der Waals surface area (Å²) in [6, 6.07) is 10.6. The highest BCUT2D eigenvalue weighted by Gasteiger charge is 2.15. The molecule has 0 aromatic heterocycles. The number of nitrogens with one attached hydrogen (secondary N) is 1. The maximum atomic E-state index is 12.4. The number of halogens is 3. The van der Waals surface area contributed by atoms with Crippen molar-refractivity contribution in [3.8, 4) is 11.5 Å². The number of rotatable bonds is 6. The quantitative estimate of drug-likeness (QED) is 0.612. The topological polar surface area (TPSA) is 42.8 Å². The normalized spacial score (nSPS) is 11.0. The lowest BCUT2D eigenvalue weighted by atomic mass is 10.2. The van der Waals surface area contributed by atoms with Gasteiger partial charge < -0.3 is 9.47 Å². The van der Waals surface area contributed by atoms with E-state index in [1.54, 1.807) is 0 Å². The van der Waals surface area contributed by atoms with Crippen molar-refractivity contribution in [3.05, 3.63) is 52.5 Å². The number of alkyl halides is 2. The Morgan fingerprint density at radius 3 is 2.52 bits per heavy atom. The average Bonchev–Trinajstić information content (AvgIpc) is 2.51. The second-order valence-electron chi connectivity index (χ2n) is 4.65. The molecule has 2 rings (SSSR count). The Balaban J connectivity index is 2.15. The van der Waals surface area contributed by atoms with E-state index in [4.69, 9.17) is 16.3 Å². The van der Waals surface area contributed by atoms with Crippen LogP contribution in [0.5, 0.6) is 11.5 Å². The number of nitrogens with zero attached hydrogens (tertiary/aromatic N) is 1. The van der Waals surface area contributed by atoms with Crippen LogP contribution in [0, 0.1) is 6.92 Å². The fraction of sp³-hybridized carbons (Fsp3) is 0.188. The van der Waals surface area contributed by atoms with Crippen LogP contribution in [-0.2, 0) is 0 Å². The van der Waals surface area contributed by atoms with Gasteiger partial charge in [-0.25, -0.2) is 0 Å². The molecule has 7 heteroatoms. The predicted molar refractivity (Wildman–Crippen MR) is 87.0 cm³/mol. The van der Waals surface area contributed by atoms with Crippen molar-refractivity contribution >= 4 is 23.5 Å². The Morgan fingerprint density at radius 2 is 1.91 bits per heavy atom. The summed E-state index contributed by atoms with van der Waals surface area (Å²) in [6.07, 6.45) is 1.50. The van der Waals surface area contributed by atoms with Gasteiger partial charge in [-0.15, -0.1) is 0 Å². The molecular weight excluding hydrogens is 326 g/mol. The summed E-state index contributed by atoms with van der Waals surface area (Å²) in [7, 11) is 1.34. The zero-order valence-electron chi connectivity index (χ0n) is 12.5. The van der Waals surface area contributed by atoms with Crippen molar-refractivity contribution in [2.45, 2.75) is 13.5 Å². The van der Waals surface area contributed by atoms with Crippen molar-refractivity contribution in [3.63, 3.8) is 0 Å². The first-order valence-electron chi connectivity index (χ1n) is 6.67. The third-order valence-corrected chi connectivity index (χ3v) is 3.20. The molecule has 0 atom stereocenters. The molecule has 2 aromatic rings. The van der Waals surface area contributed by atoms with Gasteiger partial charge >= 0.3 is 6.61 Å². The third-order valence-electron chi connectivity index (χ3n) is 2.92. The van der Waals surface area contributed by atoms with Crippen LogP contribution in [-0.4, -0.2) is 19.9 Å². The number of aryl methyl sites for hydroxylation is 1. The third kappa shape index (κ3) is 4.82. The molecule has 2 aromatic carbocycles. The Morgan fingerprint density at radius 1 is 1.22 bits per heavy atom. The highest BCUT2D eigenvalue weighted by molar-refractivity contribution is 6.32. The molecule has 0 saturated carbocycles. The van der Waals surface area contributed by atoms with Crippen molar-refractivity contribution in [2.24, 2.45) is 5.10 Å². The van der Waals surface area contributed by atoms with E-state index in [2.05, 4.69) is 15.3 Å². The van der Waals surface area contributed by atoms with Gasteiger partial charge in [0.2, 0.25) is 0 Å². The van der Waals surface area contributed by atoms with Crippen LogP contribution in [0.25, 0.3) is 0 Å². The van der Waals surface area contributed by atoms with Crippen LogP contribution in [0.3, 0.4) is 0 Å². The Labute approximate surface area is 137 Å². The first-order valence-corrected chi connectivity index (χ1v) is 7.05. The SMILES string of the molecule is COc1cc(/C=N\Nc2ccc(C)cc2)cc(Cl)c1OC(F)F. The van der Waals surface area contributed by atoms with E-state index in [0.717, 1.165) is 11.3 Å². The fourth-order valence-electron chi connectivity index (χ4n) is 1.83. The summed E-state index contributed by atoms with van der Waals surface area (Å²) < 4.78 is 34.1. The lowest BCUT2D eigenvalue weighted by Gasteiger charge is -2.12. The van der Waals surface area contributed by atoms with E-state index in [1.807, 2.05) is 31.2 Å². The molecule has 23 heavy (non-hydrogen) atoms. The first-order chi connectivity index (χ1) is 11.0. The van der Waals surface area contributed by atoms with Crippen molar-refractivity contribution in [1.82, 2.24) is 0 Å². The molecule has 0 bridgehead atoms. The molecule has 1 N–H and O–H groups in total. The summed E-state index contributed by atoms with van der Waals surface area (Å²) >= 11 is 5.95. The van der Waals surface area contributed by atoms with Crippen molar-refractivity contribution in [2.75, 3.05) is 12.5 Å². The van der Waals surface area contributed by atoms with E-state index in [1.165, 1.54) is 25.5 Å². The molecule has 0 spiro atoms. The van der Waals surface area contributed by atoms with Gasteiger partial charge in [0.1, 0.15) is 0 Å². The molecule has 0 heterocycles. The fourth-order valence-corrected chi connectivity index (χ4v) is 2.09. The molecule has 0 amide bonds. The number of anilines is 1. The summed E-state index contributed by atoms with van der Waals surface area (Å²) in [5.74, 6) is -0.0950. The Kier molecular flexibility index (Phi) is 5.76. The molecule has 4 nitrogen and oxygen atoms in total. The maximum absolute atomic E-state index is 12.4. The van der Waals surface area contributed by atoms with Crippen LogP contribution >= 0.6 is 11.6 Å². The summed E-state index contributed by atoms with van der Waals surface area (Å²) in [6.45, 7) is -0.992. The van der Waals surface area contributed by atoms with E-state index in [9.17, 15) is 8.78 Å². The van der Waals surface area contributed by atoms with Gasteiger partial charge in [0.15, 0.2) is 11.5 Å². The van der Waals surface area contributed by atoms with Crippen molar-refractivity contribution < 1.29 is 18.3 Å². The molecule has 0 aliphatic rings. The minimum absolute atomic E-state index is 0.0152. The van der Waals surface area contributed by atoms with Crippen LogP contribution in [0.1, 0.15) is 11.1 Å². The average molecular weight is 341 g/mol. The van der Waals surface area contributed by atoms with Gasteiger partial charge in [-0.3, -0.25) is 5.43 Å². The van der Waals surface area contributed by atoms with Gasteiger partial charge in [0, 0.05) is 0 Å². The maximum Gasteiger partial charge on any atom is 0.387 e. The minimum Gasteiger partial charge on any atom is -0.493 e. The number of hydrogen-bond donors (Lipinski definition) is 1. The number of ether oxygens (including phenoxy) is 2. The molecule has 0 aliphatic carbocycles. The summed E-state index contributed by atoms with van der Waals surface area (Å²) in [5, 5.41) is 4.09. The van der Waals surface area contributed by atoms with Gasteiger partial charge in [-0.1, -0.05) is 29.3 Å². The molecule has 0 unspecified atom stereocenters. The number of benzene rings is 2. The van der Waals surface area contributed by atoms with Gasteiger partial charge in [-0.05, 0) is 36.8 Å². The van der Waals surface area contributed by atoms with Gasteiger partial charge in [-0.2, -0.15) is 13.9 Å². The monoisotopic (exact) mass is 340 g/mol. The second kappa shape index (κ2) is 7.78. The number of hydrogen-bond acceptors (Lipinski definition) is 4. The van der Waals surface area contributed by atoms with E-state index >= 15 is 0 Å². The molecule has 122 valence electrons. The van der Waals surface area contributed by atoms with Crippen LogP contribution in [0.15, 0.2) is 41.5 Å². The van der Waals surface area contributed by atoms with Gasteiger partial charge in [0.25, 0.3) is 0 Å². The van der Waals surface area contributed by atoms with Crippen LogP contribution < -0.4 is 14.9 Å². The molecule has 0 fully saturated rings. The molecule has 0 radical (unpaired) electrons. The Hall–Kier alpha value is -2.34. The molecule has 0 aliphatic heterocycles. The largest absolute Gasteiger partial charge is 0.493 e. The zero-order chi connectivity index (χ0) is 16.8. The zero-order valence-corrected chi connectivity index (χ0v) is 13.3. The minimum atomic E-state index is -2.98. The van der Waals surface area contributed by atoms with E-state index in [0.29, 0.717) is 5.56 Å². The first kappa shape index (κ1) is 17.0. The van der Waals surface area contributed by atoms with Crippen LogP contribution in [0.4, 0.5) is 14.5 Å². The standard InChI is InChI=1S/C16H15ClF2N2O2/c1-10-3-5-12(6-4-10)21-20-9-11-7-13(17)15(23-16(18)19)14(8-11)22-2/h3-9,16,21H,1-2H3/b20-9-. The summed E-state index contributed by atoms with van der Waals surface area (Å²) in [4.78, 5) is 0. The predicted octanol–water partition coefficient (Wildman–Crippen LogP) is 4.70. The lowest BCUT2D eigenvalue weighted by Crippen LogP contribution is -2.04. The second-order valence-corrected chi connectivity index (χ2v) is 5.06. The molecule has 0 saturated heterocycles. The highest BCUT2D eigenvalue weighted by Crippen LogP contribution is 2.37. The highest BCUT2D eigenvalue weighted by atomic mass is 35.5. The van der Waals surface area contributed by atoms with Crippen LogP contribution in [0.2, 0.25) is 5.02 Å². The molecular formula is C16H15ClF2N2O2. The lowest BCUT2D eigenvalue weighted by molar-refractivity contribution is -0.0511. The van der Waals surface area contributed by atoms with E-state index in [-0.39, 0.29) is 16.5 Å². The number of hydrazone groups is 1. The van der Waals surface area contributed by atoms with Crippen molar-refractivity contribution in [1.29, 1.82) is 0 Å². The summed E-state index contributed by atoms with van der Waals surface area (Å²) in [5.41, 5.74) is 5.40.